The molecule has 1 saturated carbocycles. The van der Waals surface area contributed by atoms with E-state index >= 15 is 0 Å². The highest BCUT2D eigenvalue weighted by molar-refractivity contribution is 5.17. The fourth-order valence-electron chi connectivity index (χ4n) is 2.78. The molecule has 106 valence electrons. The van der Waals surface area contributed by atoms with Gasteiger partial charge in [-0.2, -0.15) is 0 Å². The van der Waals surface area contributed by atoms with Crippen LogP contribution in [0.4, 0.5) is 0 Å². The van der Waals surface area contributed by atoms with Crippen molar-refractivity contribution in [2.75, 3.05) is 20.2 Å². The highest BCUT2D eigenvalue weighted by Crippen LogP contribution is 2.22. The summed E-state index contributed by atoms with van der Waals surface area (Å²) < 4.78 is 11.1. The smallest absolute Gasteiger partial charge is 0.122 e. The molecule has 3 rings (SSSR count). The van der Waals surface area contributed by atoms with Gasteiger partial charge < -0.3 is 14.5 Å². The third kappa shape index (κ3) is 3.59. The fourth-order valence-corrected chi connectivity index (χ4v) is 2.78. The zero-order valence-electron chi connectivity index (χ0n) is 11.7. The summed E-state index contributed by atoms with van der Waals surface area (Å²) in [5, 5.41) is 3.52. The monoisotopic (exact) mass is 264 g/mol. The zero-order chi connectivity index (χ0) is 13.1. The predicted octanol–water partition coefficient (Wildman–Crippen LogP) is 2.14. The number of rotatable bonds is 6. The van der Waals surface area contributed by atoms with Crippen LogP contribution in [0.25, 0.3) is 0 Å². The lowest BCUT2D eigenvalue weighted by Crippen LogP contribution is -2.38. The van der Waals surface area contributed by atoms with Gasteiger partial charge in [0.05, 0.1) is 18.9 Å². The van der Waals surface area contributed by atoms with Gasteiger partial charge in [-0.1, -0.05) is 0 Å². The Morgan fingerprint density at radius 3 is 3.11 bits per heavy atom. The number of nitrogens with zero attached hydrogens (tertiary/aromatic N) is 1. The predicted molar refractivity (Wildman–Crippen MR) is 73.9 cm³/mol. The lowest BCUT2D eigenvalue weighted by atomic mass is 10.1. The van der Waals surface area contributed by atoms with Gasteiger partial charge in [0, 0.05) is 31.8 Å². The number of likely N-dealkylation sites (tertiary alicyclic amines) is 1. The summed E-state index contributed by atoms with van der Waals surface area (Å²) in [4.78, 5) is 2.48. The average molecular weight is 264 g/mol. The molecular weight excluding hydrogens is 240 g/mol. The van der Waals surface area contributed by atoms with E-state index in [4.69, 9.17) is 9.15 Å². The van der Waals surface area contributed by atoms with E-state index in [2.05, 4.69) is 16.3 Å². The van der Waals surface area contributed by atoms with E-state index in [0.29, 0.717) is 6.10 Å². The summed E-state index contributed by atoms with van der Waals surface area (Å²) in [6, 6.07) is 2.84. The van der Waals surface area contributed by atoms with E-state index in [-0.39, 0.29) is 0 Å². The van der Waals surface area contributed by atoms with Gasteiger partial charge in [-0.15, -0.1) is 0 Å². The Kier molecular flexibility index (Phi) is 4.21. The van der Waals surface area contributed by atoms with E-state index in [9.17, 15) is 0 Å². The summed E-state index contributed by atoms with van der Waals surface area (Å²) in [6.07, 6.45) is 7.26. The first-order valence-corrected chi connectivity index (χ1v) is 7.39. The Morgan fingerprint density at radius 2 is 2.32 bits per heavy atom. The molecule has 0 radical (unpaired) electrons. The van der Waals surface area contributed by atoms with Crippen molar-refractivity contribution in [3.63, 3.8) is 0 Å². The van der Waals surface area contributed by atoms with Gasteiger partial charge in [-0.25, -0.2) is 0 Å². The summed E-state index contributed by atoms with van der Waals surface area (Å²) in [7, 11) is 1.82. The molecule has 1 unspecified atom stereocenters. The van der Waals surface area contributed by atoms with Crippen LogP contribution in [0.2, 0.25) is 0 Å². The normalized spacial score (nSPS) is 24.8. The van der Waals surface area contributed by atoms with Crippen molar-refractivity contribution >= 4 is 0 Å². The van der Waals surface area contributed by atoms with Crippen LogP contribution in [-0.4, -0.2) is 37.2 Å². The Balaban J connectivity index is 1.54. The summed E-state index contributed by atoms with van der Waals surface area (Å²) in [5.74, 6) is 1.10. The van der Waals surface area contributed by atoms with Crippen LogP contribution >= 0.6 is 0 Å². The second kappa shape index (κ2) is 6.07. The fraction of sp³-hybridized carbons (Fsp3) is 0.733. The maximum absolute atomic E-state index is 5.62. The summed E-state index contributed by atoms with van der Waals surface area (Å²) in [5.41, 5.74) is 1.32. The number of methoxy groups -OCH3 is 1. The number of hydrogen-bond donors (Lipinski definition) is 1. The molecule has 1 atom stereocenters. The maximum Gasteiger partial charge on any atom is 0.122 e. The lowest BCUT2D eigenvalue weighted by Gasteiger charge is -2.31. The van der Waals surface area contributed by atoms with Gasteiger partial charge in [-0.05, 0) is 38.3 Å². The van der Waals surface area contributed by atoms with Crippen molar-refractivity contribution in [2.24, 2.45) is 0 Å². The van der Waals surface area contributed by atoms with E-state index in [1.165, 1.54) is 37.8 Å². The standard InChI is InChI=1S/C15H24N2O2/c1-18-14-3-2-7-17(11-14)10-12-6-8-19-15(12)9-16-13-4-5-13/h6,8,13-14,16H,2-5,7,9-11H2,1H3. The van der Waals surface area contributed by atoms with Crippen molar-refractivity contribution < 1.29 is 9.15 Å². The molecule has 1 aromatic heterocycles. The van der Waals surface area contributed by atoms with Crippen LogP contribution in [0.3, 0.4) is 0 Å². The topological polar surface area (TPSA) is 37.6 Å². The highest BCUT2D eigenvalue weighted by atomic mass is 16.5. The van der Waals surface area contributed by atoms with Gasteiger partial charge in [0.15, 0.2) is 0 Å². The Bertz CT molecular complexity index is 401. The highest BCUT2D eigenvalue weighted by Gasteiger charge is 2.23. The molecule has 2 aliphatic rings. The third-order valence-electron chi connectivity index (χ3n) is 4.16. The second-order valence-electron chi connectivity index (χ2n) is 5.76. The number of ether oxygens (including phenoxy) is 1. The maximum atomic E-state index is 5.62. The molecular formula is C15H24N2O2. The van der Waals surface area contributed by atoms with Gasteiger partial charge in [0.2, 0.25) is 0 Å². The molecule has 1 aliphatic heterocycles. The minimum atomic E-state index is 0.397. The summed E-state index contributed by atoms with van der Waals surface area (Å²) in [6.45, 7) is 4.06. The molecule has 2 fully saturated rings. The van der Waals surface area contributed by atoms with E-state index in [1.54, 1.807) is 0 Å². The van der Waals surface area contributed by atoms with Crippen LogP contribution < -0.4 is 5.32 Å². The van der Waals surface area contributed by atoms with Crippen LogP contribution in [0, 0.1) is 0 Å². The Hall–Kier alpha value is -0.840. The van der Waals surface area contributed by atoms with Crippen molar-refractivity contribution in [3.8, 4) is 0 Å². The number of piperidine rings is 1. The largest absolute Gasteiger partial charge is 0.468 e. The molecule has 0 bridgehead atoms. The van der Waals surface area contributed by atoms with E-state index < -0.39 is 0 Å². The van der Waals surface area contributed by atoms with Gasteiger partial charge in [-0.3, -0.25) is 4.90 Å². The number of hydrogen-bond acceptors (Lipinski definition) is 4. The van der Waals surface area contributed by atoms with Gasteiger partial charge in [0.25, 0.3) is 0 Å². The molecule has 1 saturated heterocycles. The molecule has 4 heteroatoms. The van der Waals surface area contributed by atoms with Crippen molar-refractivity contribution in [2.45, 2.75) is 50.9 Å². The molecule has 4 nitrogen and oxygen atoms in total. The average Bonchev–Trinajstić information content (AvgIpc) is 3.17. The van der Waals surface area contributed by atoms with Crippen molar-refractivity contribution in [1.29, 1.82) is 0 Å². The first-order valence-electron chi connectivity index (χ1n) is 7.39. The molecule has 19 heavy (non-hydrogen) atoms. The molecule has 0 amide bonds. The summed E-state index contributed by atoms with van der Waals surface area (Å²) >= 11 is 0. The molecule has 0 spiro atoms. The van der Waals surface area contributed by atoms with Crippen LogP contribution in [0.1, 0.15) is 37.0 Å². The van der Waals surface area contributed by atoms with Crippen LogP contribution in [0.5, 0.6) is 0 Å². The quantitative estimate of drug-likeness (QED) is 0.854. The van der Waals surface area contributed by atoms with Gasteiger partial charge >= 0.3 is 0 Å². The third-order valence-corrected chi connectivity index (χ3v) is 4.16. The minimum absolute atomic E-state index is 0.397. The van der Waals surface area contributed by atoms with E-state index in [1.807, 2.05) is 13.4 Å². The Morgan fingerprint density at radius 1 is 1.42 bits per heavy atom. The first-order chi connectivity index (χ1) is 9.35. The Labute approximate surface area is 115 Å². The first kappa shape index (κ1) is 13.2. The second-order valence-corrected chi connectivity index (χ2v) is 5.76. The van der Waals surface area contributed by atoms with Gasteiger partial charge in [0.1, 0.15) is 5.76 Å². The van der Waals surface area contributed by atoms with E-state index in [0.717, 1.165) is 31.4 Å². The minimum Gasteiger partial charge on any atom is -0.468 e. The zero-order valence-corrected chi connectivity index (χ0v) is 11.7. The van der Waals surface area contributed by atoms with Crippen LogP contribution in [0.15, 0.2) is 16.7 Å². The van der Waals surface area contributed by atoms with Crippen LogP contribution in [-0.2, 0) is 17.8 Å². The molecule has 1 aliphatic carbocycles. The SMILES string of the molecule is COC1CCCN(Cc2ccoc2CNC2CC2)C1. The molecule has 1 aromatic rings. The van der Waals surface area contributed by atoms with Crippen molar-refractivity contribution in [1.82, 2.24) is 10.2 Å². The number of furan rings is 1. The van der Waals surface area contributed by atoms with Crippen molar-refractivity contribution in [3.05, 3.63) is 23.7 Å². The number of nitrogens with one attached hydrogen (secondary N) is 1. The molecule has 2 heterocycles. The molecule has 1 N–H and O–H groups in total. The lowest BCUT2D eigenvalue weighted by molar-refractivity contribution is 0.0283. The molecule has 0 aromatic carbocycles.